The van der Waals surface area contributed by atoms with Gasteiger partial charge in [-0.05, 0) is 6.42 Å². The van der Waals surface area contributed by atoms with E-state index in [4.69, 9.17) is 0 Å². The van der Waals surface area contributed by atoms with Gasteiger partial charge in [-0.2, -0.15) is 0 Å². The molecule has 0 aromatic heterocycles. The van der Waals surface area contributed by atoms with E-state index < -0.39 is 4.81 Å². The molecule has 0 heterocycles. The fraction of sp³-hybridized carbons (Fsp3) is 0.455. The fourth-order valence-electron chi connectivity index (χ4n) is 1.34. The number of nitrogens with zero attached hydrogens (tertiary/aromatic N) is 1. The molecule has 0 N–H and O–H groups in total. The van der Waals surface area contributed by atoms with Crippen molar-refractivity contribution in [3.8, 4) is 0 Å². The Morgan fingerprint density at radius 1 is 1.12 bits per heavy atom. The summed E-state index contributed by atoms with van der Waals surface area (Å²) in [5.41, 5.74) is 0.814. The average Bonchev–Trinajstić information content (AvgIpc) is 2.16. The molecule has 0 fully saturated rings. The van der Waals surface area contributed by atoms with Gasteiger partial charge in [0.1, 0.15) is 6.54 Å². The zero-order valence-corrected chi connectivity index (χ0v) is 11.7. The summed E-state index contributed by atoms with van der Waals surface area (Å²) in [5, 5.41) is 22.8. The quantitative estimate of drug-likeness (QED) is 0.401. The van der Waals surface area contributed by atoms with Crippen LogP contribution in [0.2, 0.25) is 0 Å². The fourth-order valence-corrected chi connectivity index (χ4v) is 1.34. The van der Waals surface area contributed by atoms with Crippen molar-refractivity contribution >= 4 is 23.1 Å². The summed E-state index contributed by atoms with van der Waals surface area (Å²) in [6.45, 7) is 2.16. The van der Waals surface area contributed by atoms with Crippen molar-refractivity contribution in [2.75, 3.05) is 6.54 Å². The van der Waals surface area contributed by atoms with Gasteiger partial charge in [-0.15, -0.1) is 0 Å². The summed E-state index contributed by atoms with van der Waals surface area (Å²) in [6.07, 6.45) is 1.58. The molecular formula is C11H16ClMgNO2. The van der Waals surface area contributed by atoms with Crippen LogP contribution in [0.25, 0.3) is 0 Å². The minimum absolute atomic E-state index is 0. The van der Waals surface area contributed by atoms with E-state index in [1.54, 1.807) is 0 Å². The van der Waals surface area contributed by atoms with Crippen LogP contribution in [0.3, 0.4) is 0 Å². The molecule has 0 aliphatic rings. The topological polar surface area (TPSA) is 46.1 Å². The third-order valence-electron chi connectivity index (χ3n) is 2.12. The molecule has 86 valence electrons. The zero-order valence-electron chi connectivity index (χ0n) is 9.56. The van der Waals surface area contributed by atoms with Gasteiger partial charge in [0.2, 0.25) is 0 Å². The van der Waals surface area contributed by atoms with Crippen molar-refractivity contribution in [1.82, 2.24) is 0 Å². The Hall–Kier alpha value is 0.156. The van der Waals surface area contributed by atoms with E-state index in [0.29, 0.717) is 6.42 Å². The standard InChI is InChI=1S/C11H16NO2.ClH.Mg/c1-2-3-9-12(13,14)10-11-7-5-4-6-8-11;;/h4-8H,2-3,9-10H2,1H3;1H;/q-1;;+2/p-1. The van der Waals surface area contributed by atoms with Crippen molar-refractivity contribution in [3.05, 3.63) is 46.3 Å². The maximum absolute atomic E-state index is 11.4. The van der Waals surface area contributed by atoms with Crippen LogP contribution in [-0.2, 0) is 6.54 Å². The van der Waals surface area contributed by atoms with E-state index in [1.807, 2.05) is 37.3 Å². The van der Waals surface area contributed by atoms with Gasteiger partial charge in [-0.25, -0.2) is 0 Å². The maximum atomic E-state index is 11.4. The predicted octanol–water partition coefficient (Wildman–Crippen LogP) is -0.578. The maximum Gasteiger partial charge on any atom is 2.00 e. The van der Waals surface area contributed by atoms with Crippen LogP contribution in [0.1, 0.15) is 25.3 Å². The summed E-state index contributed by atoms with van der Waals surface area (Å²) in [6, 6.07) is 9.19. The van der Waals surface area contributed by atoms with Crippen LogP contribution in [0, 0.1) is 10.4 Å². The van der Waals surface area contributed by atoms with Crippen molar-refractivity contribution in [2.24, 2.45) is 0 Å². The summed E-state index contributed by atoms with van der Waals surface area (Å²) in [7, 11) is 0. The van der Waals surface area contributed by atoms with Gasteiger partial charge in [0.05, 0.1) is 6.54 Å². The summed E-state index contributed by atoms with van der Waals surface area (Å²) in [5.74, 6) is 0. The van der Waals surface area contributed by atoms with E-state index >= 15 is 0 Å². The first-order chi connectivity index (χ1) is 6.64. The largest absolute Gasteiger partial charge is 2.00 e. The summed E-state index contributed by atoms with van der Waals surface area (Å²) < 4.78 is 0. The van der Waals surface area contributed by atoms with E-state index in [2.05, 4.69) is 0 Å². The Morgan fingerprint density at radius 2 is 1.69 bits per heavy atom. The second-order valence-corrected chi connectivity index (χ2v) is 3.54. The van der Waals surface area contributed by atoms with Gasteiger partial charge in [-0.1, -0.05) is 43.7 Å². The van der Waals surface area contributed by atoms with Crippen molar-refractivity contribution < 1.29 is 17.2 Å². The number of quaternary nitrogens is 1. The van der Waals surface area contributed by atoms with Crippen LogP contribution in [0.5, 0.6) is 0 Å². The smallest absolute Gasteiger partial charge is 1.00 e. The molecule has 0 atom stereocenters. The van der Waals surface area contributed by atoms with Gasteiger partial charge in [-0.3, -0.25) is 0 Å². The number of benzene rings is 1. The molecular weight excluding hydrogens is 238 g/mol. The zero-order chi connectivity index (χ0) is 10.4. The van der Waals surface area contributed by atoms with Gasteiger partial charge in [0, 0.05) is 5.56 Å². The monoisotopic (exact) mass is 253 g/mol. The van der Waals surface area contributed by atoms with Crippen LogP contribution >= 0.6 is 0 Å². The molecule has 0 aliphatic heterocycles. The molecule has 16 heavy (non-hydrogen) atoms. The molecule has 5 heteroatoms. The first-order valence-corrected chi connectivity index (χ1v) is 4.97. The Morgan fingerprint density at radius 3 is 2.19 bits per heavy atom. The summed E-state index contributed by atoms with van der Waals surface area (Å²) >= 11 is 0. The van der Waals surface area contributed by atoms with E-state index in [1.165, 1.54) is 0 Å². The minimum Gasteiger partial charge on any atom is -1.00 e. The molecule has 1 rings (SSSR count). The number of hydrogen-bond acceptors (Lipinski definition) is 2. The van der Waals surface area contributed by atoms with Gasteiger partial charge >= 0.3 is 23.1 Å². The Balaban J connectivity index is 0. The first-order valence-electron chi connectivity index (χ1n) is 4.97. The second-order valence-electron chi connectivity index (χ2n) is 3.54. The second kappa shape index (κ2) is 9.21. The molecule has 0 spiro atoms. The summed E-state index contributed by atoms with van der Waals surface area (Å²) in [4.78, 5) is -1.40. The molecule has 0 unspecified atom stereocenters. The predicted molar refractivity (Wildman–Crippen MR) is 62.7 cm³/mol. The van der Waals surface area contributed by atoms with Crippen LogP contribution in [-0.4, -0.2) is 34.4 Å². The van der Waals surface area contributed by atoms with Gasteiger partial charge < -0.3 is 27.6 Å². The Labute approximate surface area is 119 Å². The molecule has 1 aromatic carbocycles. The van der Waals surface area contributed by atoms with E-state index in [-0.39, 0.29) is 48.5 Å². The molecule has 0 saturated carbocycles. The van der Waals surface area contributed by atoms with Gasteiger partial charge in [0.25, 0.3) is 0 Å². The molecule has 0 saturated heterocycles. The normalized spacial score (nSPS) is 10.2. The number of hydrogen-bond donors (Lipinski definition) is 0. The van der Waals surface area contributed by atoms with Crippen LogP contribution in [0.15, 0.2) is 30.3 Å². The number of unbranched alkanes of at least 4 members (excludes halogenated alkanes) is 1. The van der Waals surface area contributed by atoms with Crippen LogP contribution in [0.4, 0.5) is 0 Å². The molecule has 0 amide bonds. The number of halogens is 1. The number of hydroxylamine groups is 4. The Bertz CT molecular complexity index is 270. The van der Waals surface area contributed by atoms with Gasteiger partial charge in [0.15, 0.2) is 0 Å². The van der Waals surface area contributed by atoms with Crippen molar-refractivity contribution in [2.45, 2.75) is 26.3 Å². The first kappa shape index (κ1) is 18.5. The number of rotatable bonds is 5. The van der Waals surface area contributed by atoms with Crippen molar-refractivity contribution in [1.29, 1.82) is 0 Å². The molecule has 0 bridgehead atoms. The Kier molecular flexibility index (Phi) is 10.7. The SMILES string of the molecule is CCCC[N+]([O-])([O-])Cc1ccccc1.[Cl-].[Mg+2]. The third kappa shape index (κ3) is 7.43. The van der Waals surface area contributed by atoms with Crippen LogP contribution < -0.4 is 12.4 Å². The van der Waals surface area contributed by atoms with Crippen molar-refractivity contribution in [3.63, 3.8) is 0 Å². The molecule has 0 aliphatic carbocycles. The third-order valence-corrected chi connectivity index (χ3v) is 2.12. The minimum atomic E-state index is -1.40. The molecule has 1 aromatic rings. The molecule has 3 nitrogen and oxygen atoms in total. The molecule has 0 radical (unpaired) electrons. The average molecular weight is 254 g/mol. The van der Waals surface area contributed by atoms with E-state index in [9.17, 15) is 10.4 Å². The van der Waals surface area contributed by atoms with E-state index in [0.717, 1.165) is 12.0 Å².